The summed E-state index contributed by atoms with van der Waals surface area (Å²) in [6.45, 7) is 1.14. The molecule has 0 saturated heterocycles. The lowest BCUT2D eigenvalue weighted by atomic mass is 10.5. The fourth-order valence-electron chi connectivity index (χ4n) is 0.558. The Kier molecular flexibility index (Phi) is 5.03. The van der Waals surface area contributed by atoms with Gasteiger partial charge in [0.2, 0.25) is 0 Å². The molecule has 0 aliphatic heterocycles. The third kappa shape index (κ3) is 4.68. The fourth-order valence-corrected chi connectivity index (χ4v) is 0.558. The Morgan fingerprint density at radius 3 is 2.42 bits per heavy atom. The van der Waals surface area contributed by atoms with Gasteiger partial charge in [-0.3, -0.25) is 4.79 Å². The van der Waals surface area contributed by atoms with Crippen molar-refractivity contribution in [2.45, 2.75) is 0 Å². The van der Waals surface area contributed by atoms with Gasteiger partial charge in [0.25, 0.3) is 0 Å². The standard InChI is InChI=1S/C7H14N2O3/c1-9(2)5-4-8-6(10)7(11)12-3/h4-5H2,1-3H3,(H,8,10). The summed E-state index contributed by atoms with van der Waals surface area (Å²) in [6, 6.07) is 0. The highest BCUT2D eigenvalue weighted by Crippen LogP contribution is 1.75. The van der Waals surface area contributed by atoms with Crippen LogP contribution in [0.3, 0.4) is 0 Å². The van der Waals surface area contributed by atoms with E-state index >= 15 is 0 Å². The number of likely N-dealkylation sites (N-methyl/N-ethyl adjacent to an activating group) is 1. The minimum absolute atomic E-state index is 0.445. The first-order valence-corrected chi connectivity index (χ1v) is 3.58. The molecule has 0 aliphatic rings. The van der Waals surface area contributed by atoms with E-state index in [1.165, 1.54) is 7.11 Å². The van der Waals surface area contributed by atoms with Gasteiger partial charge in [0.15, 0.2) is 0 Å². The molecule has 0 heterocycles. The second-order valence-corrected chi connectivity index (χ2v) is 2.55. The molecule has 12 heavy (non-hydrogen) atoms. The van der Waals surface area contributed by atoms with E-state index in [1.807, 2.05) is 19.0 Å². The number of carbonyl (C=O) groups is 2. The average Bonchev–Trinajstić information content (AvgIpc) is 2.02. The molecule has 0 bridgehead atoms. The Hall–Kier alpha value is -1.10. The second kappa shape index (κ2) is 5.54. The van der Waals surface area contributed by atoms with Crippen LogP contribution in [-0.4, -0.2) is 51.1 Å². The molecule has 5 nitrogen and oxygen atoms in total. The third-order valence-corrected chi connectivity index (χ3v) is 1.22. The van der Waals surface area contributed by atoms with E-state index < -0.39 is 11.9 Å². The summed E-state index contributed by atoms with van der Waals surface area (Å²) in [6.07, 6.45) is 0. The van der Waals surface area contributed by atoms with Gasteiger partial charge in [-0.25, -0.2) is 4.79 Å². The quantitative estimate of drug-likeness (QED) is 0.433. The molecule has 0 aromatic heterocycles. The number of amides is 1. The van der Waals surface area contributed by atoms with Gasteiger partial charge in [-0.05, 0) is 14.1 Å². The number of ether oxygens (including phenoxy) is 1. The average molecular weight is 174 g/mol. The van der Waals surface area contributed by atoms with Crippen LogP contribution in [0, 0.1) is 0 Å². The molecule has 0 saturated carbocycles. The van der Waals surface area contributed by atoms with Gasteiger partial charge in [-0.2, -0.15) is 0 Å². The molecule has 0 atom stereocenters. The first kappa shape index (κ1) is 10.9. The number of hydrogen-bond acceptors (Lipinski definition) is 4. The first-order valence-electron chi connectivity index (χ1n) is 3.58. The number of esters is 1. The molecule has 0 spiro atoms. The molecule has 1 N–H and O–H groups in total. The van der Waals surface area contributed by atoms with E-state index in [4.69, 9.17) is 0 Å². The van der Waals surface area contributed by atoms with Crippen molar-refractivity contribution in [3.63, 3.8) is 0 Å². The topological polar surface area (TPSA) is 58.6 Å². The van der Waals surface area contributed by atoms with Crippen LogP contribution in [0.15, 0.2) is 0 Å². The molecular formula is C7H14N2O3. The van der Waals surface area contributed by atoms with E-state index in [1.54, 1.807) is 0 Å². The molecule has 0 radical (unpaired) electrons. The number of nitrogens with one attached hydrogen (secondary N) is 1. The van der Waals surface area contributed by atoms with Crippen molar-refractivity contribution in [3.05, 3.63) is 0 Å². The van der Waals surface area contributed by atoms with Crippen molar-refractivity contribution in [3.8, 4) is 0 Å². The molecule has 0 aliphatic carbocycles. The Bertz CT molecular complexity index is 168. The van der Waals surface area contributed by atoms with Crippen LogP contribution in [0.4, 0.5) is 0 Å². The third-order valence-electron chi connectivity index (χ3n) is 1.22. The lowest BCUT2D eigenvalue weighted by molar-refractivity contribution is -0.152. The molecule has 70 valence electrons. The van der Waals surface area contributed by atoms with Crippen molar-refractivity contribution in [2.24, 2.45) is 0 Å². The Balaban J connectivity index is 3.51. The zero-order valence-electron chi connectivity index (χ0n) is 7.59. The maximum atomic E-state index is 10.8. The number of nitrogens with zero attached hydrogens (tertiary/aromatic N) is 1. The van der Waals surface area contributed by atoms with Gasteiger partial charge in [0, 0.05) is 13.1 Å². The summed E-state index contributed by atoms with van der Waals surface area (Å²) in [7, 11) is 4.93. The van der Waals surface area contributed by atoms with E-state index in [0.717, 1.165) is 0 Å². The lowest BCUT2D eigenvalue weighted by Gasteiger charge is -2.09. The molecular weight excluding hydrogens is 160 g/mol. The highest BCUT2D eigenvalue weighted by atomic mass is 16.5. The van der Waals surface area contributed by atoms with Gasteiger partial charge < -0.3 is 15.0 Å². The van der Waals surface area contributed by atoms with Crippen molar-refractivity contribution in [1.82, 2.24) is 10.2 Å². The zero-order valence-corrected chi connectivity index (χ0v) is 7.59. The van der Waals surface area contributed by atoms with Gasteiger partial charge in [-0.15, -0.1) is 0 Å². The Morgan fingerprint density at radius 1 is 1.42 bits per heavy atom. The zero-order chi connectivity index (χ0) is 9.56. The molecule has 0 rings (SSSR count). The SMILES string of the molecule is COC(=O)C(=O)NCCN(C)C. The Labute approximate surface area is 71.7 Å². The molecule has 0 aromatic rings. The van der Waals surface area contributed by atoms with Crippen LogP contribution in [0.1, 0.15) is 0 Å². The Morgan fingerprint density at radius 2 is 2.00 bits per heavy atom. The smallest absolute Gasteiger partial charge is 0.396 e. The fraction of sp³-hybridized carbons (Fsp3) is 0.714. The summed E-state index contributed by atoms with van der Waals surface area (Å²) in [5, 5.41) is 2.41. The summed E-state index contributed by atoms with van der Waals surface area (Å²) in [5.74, 6) is -1.55. The van der Waals surface area contributed by atoms with E-state index in [9.17, 15) is 9.59 Å². The summed E-state index contributed by atoms with van der Waals surface area (Å²) in [4.78, 5) is 23.2. The second-order valence-electron chi connectivity index (χ2n) is 2.55. The van der Waals surface area contributed by atoms with Crippen LogP contribution in [-0.2, 0) is 14.3 Å². The minimum atomic E-state index is -0.853. The summed E-state index contributed by atoms with van der Waals surface area (Å²) < 4.78 is 4.20. The van der Waals surface area contributed by atoms with Gasteiger partial charge in [-0.1, -0.05) is 0 Å². The molecule has 0 unspecified atom stereocenters. The minimum Gasteiger partial charge on any atom is -0.462 e. The van der Waals surface area contributed by atoms with Gasteiger partial charge in [0.05, 0.1) is 7.11 Å². The maximum absolute atomic E-state index is 10.8. The normalized spacial score (nSPS) is 9.67. The van der Waals surface area contributed by atoms with Crippen molar-refractivity contribution in [1.29, 1.82) is 0 Å². The van der Waals surface area contributed by atoms with Crippen LogP contribution >= 0.6 is 0 Å². The predicted molar refractivity (Wildman–Crippen MR) is 43.6 cm³/mol. The van der Waals surface area contributed by atoms with Crippen molar-refractivity contribution >= 4 is 11.9 Å². The lowest BCUT2D eigenvalue weighted by Crippen LogP contribution is -2.36. The van der Waals surface area contributed by atoms with E-state index in [-0.39, 0.29) is 0 Å². The largest absolute Gasteiger partial charge is 0.462 e. The molecule has 1 amide bonds. The number of rotatable bonds is 3. The maximum Gasteiger partial charge on any atom is 0.396 e. The van der Waals surface area contributed by atoms with Crippen LogP contribution in [0.25, 0.3) is 0 Å². The summed E-state index contributed by atoms with van der Waals surface area (Å²) >= 11 is 0. The van der Waals surface area contributed by atoms with Crippen LogP contribution < -0.4 is 5.32 Å². The van der Waals surface area contributed by atoms with Crippen LogP contribution in [0.5, 0.6) is 0 Å². The monoisotopic (exact) mass is 174 g/mol. The molecule has 5 heteroatoms. The predicted octanol–water partition coefficient (Wildman–Crippen LogP) is -1.16. The van der Waals surface area contributed by atoms with Gasteiger partial charge >= 0.3 is 11.9 Å². The van der Waals surface area contributed by atoms with Crippen molar-refractivity contribution < 1.29 is 14.3 Å². The van der Waals surface area contributed by atoms with Crippen LogP contribution in [0.2, 0.25) is 0 Å². The molecule has 0 fully saturated rings. The molecule has 0 aromatic carbocycles. The number of methoxy groups -OCH3 is 1. The van der Waals surface area contributed by atoms with Crippen molar-refractivity contribution in [2.75, 3.05) is 34.3 Å². The van der Waals surface area contributed by atoms with E-state index in [2.05, 4.69) is 10.1 Å². The highest BCUT2D eigenvalue weighted by molar-refractivity contribution is 6.32. The van der Waals surface area contributed by atoms with E-state index in [0.29, 0.717) is 13.1 Å². The highest BCUT2D eigenvalue weighted by Gasteiger charge is 2.11. The van der Waals surface area contributed by atoms with Gasteiger partial charge in [0.1, 0.15) is 0 Å². The first-order chi connectivity index (χ1) is 5.57. The number of hydrogen-bond donors (Lipinski definition) is 1. The summed E-state index contributed by atoms with van der Waals surface area (Å²) in [5.41, 5.74) is 0. The number of carbonyl (C=O) groups excluding carboxylic acids is 2.